The zero-order chi connectivity index (χ0) is 29.2. The van der Waals surface area contributed by atoms with Crippen LogP contribution in [0.3, 0.4) is 0 Å². The van der Waals surface area contributed by atoms with Crippen molar-refractivity contribution in [3.8, 4) is 0 Å². The predicted molar refractivity (Wildman–Crippen MR) is 162 cm³/mol. The van der Waals surface area contributed by atoms with Gasteiger partial charge in [-0.3, -0.25) is 13.8 Å². The van der Waals surface area contributed by atoms with Crippen LogP contribution in [0, 0.1) is 0 Å². The summed E-state index contributed by atoms with van der Waals surface area (Å²) in [7, 11) is 1.76. The van der Waals surface area contributed by atoms with Crippen molar-refractivity contribution in [2.24, 2.45) is 0 Å². The van der Waals surface area contributed by atoms with Crippen LogP contribution in [0.15, 0.2) is 0 Å². The van der Waals surface area contributed by atoms with Gasteiger partial charge in [0.25, 0.3) is 0 Å². The SMILES string of the molecule is CCCCCCCCCCCCCCCCCCCC(=O)NCC(COP(=O)(O)OCC[N+](C)(C)C)OCC. The van der Waals surface area contributed by atoms with E-state index in [-0.39, 0.29) is 25.7 Å². The molecule has 0 fully saturated rings. The van der Waals surface area contributed by atoms with Gasteiger partial charge in [0.1, 0.15) is 13.2 Å². The molecular weight excluding hydrogens is 515 g/mol. The summed E-state index contributed by atoms with van der Waals surface area (Å²) in [4.78, 5) is 22.1. The third kappa shape index (κ3) is 28.8. The molecule has 0 saturated carbocycles. The minimum atomic E-state index is -4.15. The first-order valence-electron chi connectivity index (χ1n) is 15.9. The van der Waals surface area contributed by atoms with Crippen LogP contribution >= 0.6 is 7.82 Å². The number of amides is 1. The molecule has 39 heavy (non-hydrogen) atoms. The fraction of sp³-hybridized carbons (Fsp3) is 0.967. The third-order valence-electron chi connectivity index (χ3n) is 6.88. The number of carbonyl (C=O) groups excluding carboxylic acids is 1. The van der Waals surface area contributed by atoms with Gasteiger partial charge < -0.3 is 19.4 Å². The van der Waals surface area contributed by atoms with Crippen molar-refractivity contribution >= 4 is 13.7 Å². The Morgan fingerprint density at radius 1 is 0.769 bits per heavy atom. The summed E-state index contributed by atoms with van der Waals surface area (Å²) in [5, 5.41) is 2.86. The van der Waals surface area contributed by atoms with Gasteiger partial charge in [-0.1, -0.05) is 110 Å². The van der Waals surface area contributed by atoms with Gasteiger partial charge in [-0.05, 0) is 13.3 Å². The third-order valence-corrected chi connectivity index (χ3v) is 7.86. The number of nitrogens with zero attached hydrogens (tertiary/aromatic N) is 1. The second-order valence-corrected chi connectivity index (χ2v) is 13.4. The average molecular weight is 580 g/mol. The van der Waals surface area contributed by atoms with Gasteiger partial charge in [-0.15, -0.1) is 0 Å². The van der Waals surface area contributed by atoms with E-state index in [0.29, 0.717) is 24.1 Å². The fourth-order valence-electron chi connectivity index (χ4n) is 4.37. The summed E-state index contributed by atoms with van der Waals surface area (Å²) in [5.41, 5.74) is 0. The smallest absolute Gasteiger partial charge is 0.374 e. The predicted octanol–water partition coefficient (Wildman–Crippen LogP) is 7.39. The second-order valence-electron chi connectivity index (χ2n) is 11.9. The lowest BCUT2D eigenvalue weighted by Crippen LogP contribution is -2.37. The fourth-order valence-corrected chi connectivity index (χ4v) is 5.11. The number of hydrogen-bond acceptors (Lipinski definition) is 5. The molecule has 2 N–H and O–H groups in total. The highest BCUT2D eigenvalue weighted by Crippen LogP contribution is 2.43. The molecule has 2 unspecified atom stereocenters. The highest BCUT2D eigenvalue weighted by atomic mass is 31.2. The van der Waals surface area contributed by atoms with Crippen molar-refractivity contribution in [1.29, 1.82) is 0 Å². The van der Waals surface area contributed by atoms with E-state index in [4.69, 9.17) is 13.8 Å². The van der Waals surface area contributed by atoms with Gasteiger partial charge in [0.05, 0.1) is 33.9 Å². The summed E-state index contributed by atoms with van der Waals surface area (Å²) in [6.07, 6.45) is 22.4. The Morgan fingerprint density at radius 2 is 1.23 bits per heavy atom. The van der Waals surface area contributed by atoms with Gasteiger partial charge in [0.15, 0.2) is 0 Å². The number of phosphoric acid groups is 1. The van der Waals surface area contributed by atoms with E-state index < -0.39 is 13.9 Å². The Bertz CT molecular complexity index is 615. The Balaban J connectivity index is 3.69. The Morgan fingerprint density at radius 3 is 1.67 bits per heavy atom. The Hall–Kier alpha value is -0.500. The molecule has 0 heterocycles. The topological polar surface area (TPSA) is 94.1 Å². The number of ether oxygens (including phenoxy) is 1. The highest BCUT2D eigenvalue weighted by molar-refractivity contribution is 7.47. The normalized spacial score (nSPS) is 14.3. The van der Waals surface area contributed by atoms with Crippen molar-refractivity contribution in [1.82, 2.24) is 5.32 Å². The van der Waals surface area contributed by atoms with Crippen LogP contribution in [0.1, 0.15) is 129 Å². The molecule has 0 aliphatic carbocycles. The van der Waals surface area contributed by atoms with Crippen LogP contribution in [-0.2, 0) is 23.1 Å². The summed E-state index contributed by atoms with van der Waals surface area (Å²) in [6, 6.07) is 0. The summed E-state index contributed by atoms with van der Waals surface area (Å²) in [6.45, 7) is 5.35. The number of quaternary nitrogens is 1. The van der Waals surface area contributed by atoms with Crippen LogP contribution in [0.4, 0.5) is 0 Å². The van der Waals surface area contributed by atoms with Crippen molar-refractivity contribution in [3.63, 3.8) is 0 Å². The maximum Gasteiger partial charge on any atom is 0.472 e. The first kappa shape index (κ1) is 38.5. The second kappa shape index (κ2) is 25.2. The molecule has 0 radical (unpaired) electrons. The molecule has 0 aliphatic rings. The number of nitrogens with one attached hydrogen (secondary N) is 1. The van der Waals surface area contributed by atoms with Crippen molar-refractivity contribution in [2.75, 3.05) is 54.1 Å². The van der Waals surface area contributed by atoms with Crippen molar-refractivity contribution < 1.29 is 32.5 Å². The molecule has 0 aliphatic heterocycles. The molecule has 0 saturated heterocycles. The number of unbranched alkanes of at least 4 members (excludes halogenated alkanes) is 16. The monoisotopic (exact) mass is 579 g/mol. The minimum absolute atomic E-state index is 0.0213. The lowest BCUT2D eigenvalue weighted by molar-refractivity contribution is -0.870. The first-order chi connectivity index (χ1) is 18.6. The van der Waals surface area contributed by atoms with E-state index in [9.17, 15) is 14.3 Å². The Labute approximate surface area is 241 Å². The van der Waals surface area contributed by atoms with Gasteiger partial charge in [0.2, 0.25) is 5.91 Å². The lowest BCUT2D eigenvalue weighted by Gasteiger charge is -2.24. The van der Waals surface area contributed by atoms with Crippen LogP contribution in [-0.4, -0.2) is 75.4 Å². The summed E-state index contributed by atoms with van der Waals surface area (Å²) < 4.78 is 28.4. The van der Waals surface area contributed by atoms with E-state index in [1.54, 1.807) is 0 Å². The zero-order valence-corrected chi connectivity index (χ0v) is 27.1. The van der Waals surface area contributed by atoms with Gasteiger partial charge in [-0.2, -0.15) is 0 Å². The van der Waals surface area contributed by atoms with Crippen LogP contribution in [0.2, 0.25) is 0 Å². The molecule has 2 atom stereocenters. The zero-order valence-electron chi connectivity index (χ0n) is 26.2. The number of carbonyl (C=O) groups is 1. The maximum absolute atomic E-state index is 12.2. The molecule has 0 aromatic heterocycles. The molecule has 0 bridgehead atoms. The van der Waals surface area contributed by atoms with Gasteiger partial charge >= 0.3 is 7.82 Å². The molecule has 9 heteroatoms. The van der Waals surface area contributed by atoms with E-state index in [2.05, 4.69) is 12.2 Å². The number of hydrogen-bond donors (Lipinski definition) is 2. The van der Waals surface area contributed by atoms with E-state index in [1.807, 2.05) is 28.1 Å². The molecule has 0 aromatic rings. The molecule has 1 amide bonds. The average Bonchev–Trinajstić information content (AvgIpc) is 2.86. The molecular formula is C30H64N2O6P+. The van der Waals surface area contributed by atoms with Crippen LogP contribution < -0.4 is 5.32 Å². The van der Waals surface area contributed by atoms with Crippen molar-refractivity contribution in [2.45, 2.75) is 136 Å². The number of rotatable bonds is 29. The minimum Gasteiger partial charge on any atom is -0.374 e. The van der Waals surface area contributed by atoms with Crippen LogP contribution in [0.5, 0.6) is 0 Å². The lowest BCUT2D eigenvalue weighted by atomic mass is 10.0. The van der Waals surface area contributed by atoms with E-state index in [1.165, 1.54) is 96.3 Å². The molecule has 0 rings (SSSR count). The Kier molecular flexibility index (Phi) is 24.9. The summed E-state index contributed by atoms with van der Waals surface area (Å²) in [5.74, 6) is -0.0213. The largest absolute Gasteiger partial charge is 0.472 e. The standard InChI is InChI=1S/C30H63N2O6P/c1-6-8-9-10-11-12-13-14-15-16-17-18-19-20-21-22-23-24-30(33)31-27-29(36-7-2)28-38-39(34,35)37-26-25-32(3,4)5/h29H,6-28H2,1-5H3,(H-,31,33,34,35)/p+1. The van der Waals surface area contributed by atoms with Crippen molar-refractivity contribution in [3.05, 3.63) is 0 Å². The van der Waals surface area contributed by atoms with Crippen LogP contribution in [0.25, 0.3) is 0 Å². The molecule has 234 valence electrons. The quantitative estimate of drug-likeness (QED) is 0.0545. The summed E-state index contributed by atoms with van der Waals surface area (Å²) >= 11 is 0. The molecule has 8 nitrogen and oxygen atoms in total. The number of likely N-dealkylation sites (N-methyl/N-ethyl adjacent to an activating group) is 1. The first-order valence-corrected chi connectivity index (χ1v) is 17.4. The van der Waals surface area contributed by atoms with E-state index in [0.717, 1.165) is 12.8 Å². The number of phosphoric ester groups is 1. The molecule has 0 spiro atoms. The maximum atomic E-state index is 12.2. The van der Waals surface area contributed by atoms with E-state index >= 15 is 0 Å². The van der Waals surface area contributed by atoms with Gasteiger partial charge in [-0.25, -0.2) is 4.57 Å². The highest BCUT2D eigenvalue weighted by Gasteiger charge is 2.25. The molecule has 0 aromatic carbocycles. The van der Waals surface area contributed by atoms with Gasteiger partial charge in [0, 0.05) is 19.6 Å².